The van der Waals surface area contributed by atoms with Gasteiger partial charge >= 0.3 is 5.97 Å². The van der Waals surface area contributed by atoms with Crippen molar-refractivity contribution in [3.05, 3.63) is 58.7 Å². The number of carboxylic acids is 1. The zero-order chi connectivity index (χ0) is 17.7. The molecule has 0 radical (unpaired) electrons. The largest absolute Gasteiger partial charge is 0.481 e. The molecule has 2 rings (SSSR count). The molecule has 0 aromatic heterocycles. The maximum Gasteiger partial charge on any atom is 0.307 e. The molecular formula is C17H18N4O3. The van der Waals surface area contributed by atoms with Gasteiger partial charge in [-0.2, -0.15) is 5.10 Å². The van der Waals surface area contributed by atoms with Gasteiger partial charge in [0.15, 0.2) is 5.78 Å². The first kappa shape index (κ1) is 17.0. The van der Waals surface area contributed by atoms with Gasteiger partial charge in [-0.25, -0.2) is 0 Å². The smallest absolute Gasteiger partial charge is 0.307 e. The molecule has 0 spiro atoms. The van der Waals surface area contributed by atoms with Gasteiger partial charge in [-0.05, 0) is 36.2 Å². The van der Waals surface area contributed by atoms with E-state index in [2.05, 4.69) is 10.4 Å². The first-order chi connectivity index (χ1) is 11.4. The lowest BCUT2D eigenvalue weighted by molar-refractivity contribution is -0.136. The molecule has 0 saturated heterocycles. The van der Waals surface area contributed by atoms with Crippen LogP contribution in [0.25, 0.3) is 0 Å². The molecule has 0 heterocycles. The van der Waals surface area contributed by atoms with E-state index in [9.17, 15) is 9.59 Å². The Morgan fingerprint density at radius 3 is 2.71 bits per heavy atom. The summed E-state index contributed by atoms with van der Waals surface area (Å²) >= 11 is 0. The molecule has 0 aliphatic rings. The highest BCUT2D eigenvalue weighted by Crippen LogP contribution is 2.25. The van der Waals surface area contributed by atoms with Crippen molar-refractivity contribution in [1.29, 1.82) is 0 Å². The quantitative estimate of drug-likeness (QED) is 0.160. The Morgan fingerprint density at radius 1 is 1.29 bits per heavy atom. The molecule has 0 bridgehead atoms. The van der Waals surface area contributed by atoms with Crippen molar-refractivity contribution in [3.8, 4) is 0 Å². The summed E-state index contributed by atoms with van der Waals surface area (Å²) in [5.41, 5.74) is 8.98. The van der Waals surface area contributed by atoms with Crippen molar-refractivity contribution in [1.82, 2.24) is 0 Å². The zero-order valence-corrected chi connectivity index (χ0v) is 13.1. The number of aliphatic carboxylic acids is 1. The molecule has 0 amide bonds. The molecule has 2 aromatic carbocycles. The van der Waals surface area contributed by atoms with Gasteiger partial charge in [0, 0.05) is 22.5 Å². The van der Waals surface area contributed by atoms with Crippen molar-refractivity contribution in [2.45, 2.75) is 13.3 Å². The Balaban J connectivity index is 2.36. The number of nitrogens with zero attached hydrogens (tertiary/aromatic N) is 1. The third kappa shape index (κ3) is 3.70. The van der Waals surface area contributed by atoms with Gasteiger partial charge in [-0.15, -0.1) is 0 Å². The first-order valence-electron chi connectivity index (χ1n) is 7.16. The normalized spacial score (nSPS) is 10.7. The van der Waals surface area contributed by atoms with E-state index in [1.807, 2.05) is 0 Å². The van der Waals surface area contributed by atoms with Gasteiger partial charge in [0.25, 0.3) is 0 Å². The van der Waals surface area contributed by atoms with E-state index < -0.39 is 5.97 Å². The Hall–Kier alpha value is -3.35. The predicted octanol–water partition coefficient (Wildman–Crippen LogP) is 1.75. The number of rotatable bonds is 6. The molecule has 0 saturated carbocycles. The fraction of sp³-hybridized carbons (Fsp3) is 0.118. The second-order valence-electron chi connectivity index (χ2n) is 5.21. The molecule has 6 N–H and O–H groups in total. The van der Waals surface area contributed by atoms with Crippen LogP contribution in [0.15, 0.2) is 41.5 Å². The number of carboxylic acid groups (broad SMARTS) is 1. The number of carbonyl (C=O) groups is 2. The summed E-state index contributed by atoms with van der Waals surface area (Å²) in [4.78, 5) is 23.6. The Bertz CT molecular complexity index is 815. The molecule has 24 heavy (non-hydrogen) atoms. The number of hydrogen-bond acceptors (Lipinski definition) is 5. The molecule has 2 aromatic rings. The highest BCUT2D eigenvalue weighted by molar-refractivity contribution is 6.13. The maximum atomic E-state index is 12.7. The molecule has 124 valence electrons. The number of nitrogens with two attached hydrogens (primary N) is 2. The third-order valence-electron chi connectivity index (χ3n) is 3.64. The number of carbonyl (C=O) groups excluding carboxylic acids is 1. The minimum Gasteiger partial charge on any atom is -0.481 e. The average Bonchev–Trinajstić information content (AvgIpc) is 2.56. The zero-order valence-electron chi connectivity index (χ0n) is 13.1. The lowest BCUT2D eigenvalue weighted by atomic mass is 9.95. The summed E-state index contributed by atoms with van der Waals surface area (Å²) in [6, 6.07) is 10.0. The lowest BCUT2D eigenvalue weighted by Gasteiger charge is -2.12. The number of hydrogen-bond donors (Lipinski definition) is 4. The predicted molar refractivity (Wildman–Crippen MR) is 93.1 cm³/mol. The summed E-state index contributed by atoms with van der Waals surface area (Å²) in [7, 11) is 0. The summed E-state index contributed by atoms with van der Waals surface area (Å²) in [5, 5.41) is 15.1. The highest BCUT2D eigenvalue weighted by atomic mass is 16.4. The molecule has 0 fully saturated rings. The average molecular weight is 326 g/mol. The van der Waals surface area contributed by atoms with Crippen LogP contribution in [0.2, 0.25) is 0 Å². The van der Waals surface area contributed by atoms with Crippen molar-refractivity contribution < 1.29 is 14.7 Å². The number of nitrogen functional groups attached to an aromatic ring is 1. The lowest BCUT2D eigenvalue weighted by Crippen LogP contribution is -2.10. The SMILES string of the molecule is Cc1c(CC(=O)O)ccc(C(=O)c2cccc(NC=NN)c2)c1N. The van der Waals surface area contributed by atoms with Gasteiger partial charge in [0.05, 0.1) is 6.42 Å². The van der Waals surface area contributed by atoms with E-state index in [-0.39, 0.29) is 12.2 Å². The molecule has 0 aliphatic heterocycles. The van der Waals surface area contributed by atoms with Crippen LogP contribution in [0.3, 0.4) is 0 Å². The molecular weight excluding hydrogens is 308 g/mol. The van der Waals surface area contributed by atoms with Crippen LogP contribution in [0.4, 0.5) is 11.4 Å². The van der Waals surface area contributed by atoms with E-state index in [4.69, 9.17) is 16.7 Å². The molecule has 7 nitrogen and oxygen atoms in total. The number of nitrogens with one attached hydrogen (secondary N) is 1. The van der Waals surface area contributed by atoms with Crippen LogP contribution in [0.1, 0.15) is 27.0 Å². The van der Waals surface area contributed by atoms with Gasteiger partial charge in [0.1, 0.15) is 6.34 Å². The van der Waals surface area contributed by atoms with Crippen LogP contribution < -0.4 is 16.9 Å². The summed E-state index contributed by atoms with van der Waals surface area (Å²) in [6.07, 6.45) is 1.17. The van der Waals surface area contributed by atoms with Crippen molar-refractivity contribution in [2.24, 2.45) is 10.9 Å². The maximum absolute atomic E-state index is 12.7. The van der Waals surface area contributed by atoms with E-state index in [0.29, 0.717) is 33.6 Å². The molecule has 0 atom stereocenters. The Morgan fingerprint density at radius 2 is 2.04 bits per heavy atom. The van der Waals surface area contributed by atoms with E-state index in [1.165, 1.54) is 6.34 Å². The van der Waals surface area contributed by atoms with Gasteiger partial charge in [-0.1, -0.05) is 18.2 Å². The summed E-state index contributed by atoms with van der Waals surface area (Å²) in [6.45, 7) is 1.71. The van der Waals surface area contributed by atoms with Gasteiger partial charge < -0.3 is 22.0 Å². The van der Waals surface area contributed by atoms with Crippen LogP contribution in [-0.2, 0) is 11.2 Å². The van der Waals surface area contributed by atoms with Crippen LogP contribution >= 0.6 is 0 Å². The second kappa shape index (κ2) is 7.28. The van der Waals surface area contributed by atoms with Gasteiger partial charge in [-0.3, -0.25) is 9.59 Å². The fourth-order valence-corrected chi connectivity index (χ4v) is 2.34. The van der Waals surface area contributed by atoms with Crippen molar-refractivity contribution in [3.63, 3.8) is 0 Å². The Labute approximate surface area is 139 Å². The van der Waals surface area contributed by atoms with Crippen LogP contribution in [-0.4, -0.2) is 23.2 Å². The Kier molecular flexibility index (Phi) is 5.16. The highest BCUT2D eigenvalue weighted by Gasteiger charge is 2.16. The monoisotopic (exact) mass is 326 g/mol. The fourth-order valence-electron chi connectivity index (χ4n) is 2.34. The number of anilines is 2. The summed E-state index contributed by atoms with van der Waals surface area (Å²) < 4.78 is 0. The number of hydrazone groups is 1. The first-order valence-corrected chi connectivity index (χ1v) is 7.16. The minimum atomic E-state index is -0.947. The molecule has 0 aliphatic carbocycles. The van der Waals surface area contributed by atoms with E-state index in [1.54, 1.807) is 43.3 Å². The number of ketones is 1. The van der Waals surface area contributed by atoms with Crippen LogP contribution in [0, 0.1) is 6.92 Å². The standard InChI is InChI=1S/C17H18N4O3/c1-10-11(8-15(22)23)5-6-14(16(10)18)17(24)12-3-2-4-13(7-12)20-9-21-19/h2-7,9H,8,18-19H2,1H3,(H,20,21)(H,22,23). The van der Waals surface area contributed by atoms with E-state index >= 15 is 0 Å². The second-order valence-corrected chi connectivity index (χ2v) is 5.21. The van der Waals surface area contributed by atoms with Crippen molar-refractivity contribution in [2.75, 3.05) is 11.1 Å². The minimum absolute atomic E-state index is 0.137. The van der Waals surface area contributed by atoms with E-state index in [0.717, 1.165) is 0 Å². The van der Waals surface area contributed by atoms with Crippen LogP contribution in [0.5, 0.6) is 0 Å². The third-order valence-corrected chi connectivity index (χ3v) is 3.64. The summed E-state index contributed by atoms with van der Waals surface area (Å²) in [5.74, 6) is 3.84. The number of benzene rings is 2. The van der Waals surface area contributed by atoms with Crippen molar-refractivity contribution >= 4 is 29.5 Å². The topological polar surface area (TPSA) is 131 Å². The molecule has 7 heteroatoms. The molecule has 0 unspecified atom stereocenters. The van der Waals surface area contributed by atoms with Gasteiger partial charge in [0.2, 0.25) is 0 Å².